The number of nitrogens with zero attached hydrogens (tertiary/aromatic N) is 3. The van der Waals surface area contributed by atoms with Crippen LogP contribution in [-0.2, 0) is 30.6 Å². The van der Waals surface area contributed by atoms with E-state index >= 15 is 0 Å². The van der Waals surface area contributed by atoms with Crippen LogP contribution in [0.1, 0.15) is 16.8 Å². The van der Waals surface area contributed by atoms with Gasteiger partial charge in [-0.15, -0.1) is 0 Å². The quantitative estimate of drug-likeness (QED) is 0.821. The fourth-order valence-electron chi connectivity index (χ4n) is 2.48. The Hall–Kier alpha value is -2.22. The molecular weight excluding hydrogens is 347 g/mol. The van der Waals surface area contributed by atoms with Crippen LogP contribution in [0.4, 0.5) is 18.0 Å². The molecular formula is C15H13ClF3N3O2. The Morgan fingerprint density at radius 3 is 2.83 bits per heavy atom. The fourth-order valence-corrected chi connectivity index (χ4v) is 2.73. The van der Waals surface area contributed by atoms with Crippen LogP contribution >= 0.6 is 11.6 Å². The highest BCUT2D eigenvalue weighted by atomic mass is 35.5. The number of ether oxygens (including phenoxy) is 1. The second-order valence-corrected chi connectivity index (χ2v) is 5.80. The molecule has 2 heterocycles. The van der Waals surface area contributed by atoms with Crippen molar-refractivity contribution in [2.24, 2.45) is 0 Å². The molecule has 1 aromatic heterocycles. The first-order valence-corrected chi connectivity index (χ1v) is 7.50. The highest BCUT2D eigenvalue weighted by molar-refractivity contribution is 6.30. The van der Waals surface area contributed by atoms with Gasteiger partial charge in [-0.3, -0.25) is 4.68 Å². The van der Waals surface area contributed by atoms with Crippen LogP contribution in [0.15, 0.2) is 30.5 Å². The molecule has 0 aliphatic carbocycles. The van der Waals surface area contributed by atoms with Gasteiger partial charge in [0, 0.05) is 17.8 Å². The number of aromatic nitrogens is 2. The van der Waals surface area contributed by atoms with Gasteiger partial charge in [0.15, 0.2) is 0 Å². The van der Waals surface area contributed by atoms with Crippen LogP contribution < -0.4 is 0 Å². The largest absolute Gasteiger partial charge is 0.445 e. The third-order valence-electron chi connectivity index (χ3n) is 3.64. The van der Waals surface area contributed by atoms with Gasteiger partial charge in [-0.2, -0.15) is 18.3 Å². The lowest BCUT2D eigenvalue weighted by Crippen LogP contribution is -2.38. The zero-order valence-corrected chi connectivity index (χ0v) is 13.1. The minimum Gasteiger partial charge on any atom is -0.445 e. The number of fused-ring (bicyclic) bond motifs is 1. The minimum absolute atomic E-state index is 0.0576. The molecule has 1 aromatic carbocycles. The average Bonchev–Trinajstić information content (AvgIpc) is 2.98. The molecule has 9 heteroatoms. The van der Waals surface area contributed by atoms with Gasteiger partial charge in [0.25, 0.3) is 0 Å². The predicted molar refractivity (Wildman–Crippen MR) is 79.3 cm³/mol. The predicted octanol–water partition coefficient (Wildman–Crippen LogP) is 3.71. The first-order chi connectivity index (χ1) is 11.3. The molecule has 0 saturated heterocycles. The highest BCUT2D eigenvalue weighted by Gasteiger charge is 2.31. The molecule has 128 valence electrons. The van der Waals surface area contributed by atoms with E-state index in [0.29, 0.717) is 19.6 Å². The molecule has 0 atom stereocenters. The topological polar surface area (TPSA) is 47.4 Å². The third kappa shape index (κ3) is 3.64. The second-order valence-electron chi connectivity index (χ2n) is 5.37. The van der Waals surface area contributed by atoms with E-state index in [1.54, 1.807) is 16.9 Å². The summed E-state index contributed by atoms with van der Waals surface area (Å²) in [7, 11) is 0. The molecule has 0 unspecified atom stereocenters. The SMILES string of the molecule is O=C(OCc1cc(Cl)cc(C(F)(F)F)c1)N1CCn2nccc2C1. The summed E-state index contributed by atoms with van der Waals surface area (Å²) in [6, 6.07) is 4.89. The summed E-state index contributed by atoms with van der Waals surface area (Å²) in [6.45, 7) is 1.05. The van der Waals surface area contributed by atoms with E-state index in [1.165, 1.54) is 11.0 Å². The van der Waals surface area contributed by atoms with E-state index < -0.39 is 17.8 Å². The first-order valence-electron chi connectivity index (χ1n) is 7.12. The maximum absolute atomic E-state index is 12.8. The monoisotopic (exact) mass is 359 g/mol. The number of amides is 1. The summed E-state index contributed by atoms with van der Waals surface area (Å²) < 4.78 is 45.2. The molecule has 2 aromatic rings. The molecule has 3 rings (SSSR count). The number of alkyl halides is 3. The van der Waals surface area contributed by atoms with Crippen molar-refractivity contribution in [3.8, 4) is 0 Å². The van der Waals surface area contributed by atoms with Crippen molar-refractivity contribution < 1.29 is 22.7 Å². The number of halogens is 4. The van der Waals surface area contributed by atoms with Crippen molar-refractivity contribution >= 4 is 17.7 Å². The van der Waals surface area contributed by atoms with Crippen LogP contribution in [0.25, 0.3) is 0 Å². The molecule has 1 aliphatic rings. The number of hydrogen-bond donors (Lipinski definition) is 0. The van der Waals surface area contributed by atoms with Crippen LogP contribution in [0, 0.1) is 0 Å². The van der Waals surface area contributed by atoms with Gasteiger partial charge in [0.05, 0.1) is 24.3 Å². The van der Waals surface area contributed by atoms with E-state index in [9.17, 15) is 18.0 Å². The maximum atomic E-state index is 12.8. The normalized spacial score (nSPS) is 14.4. The lowest BCUT2D eigenvalue weighted by Gasteiger charge is -2.27. The van der Waals surface area contributed by atoms with Crippen molar-refractivity contribution in [2.75, 3.05) is 6.54 Å². The van der Waals surface area contributed by atoms with Crippen LogP contribution in [0.3, 0.4) is 0 Å². The molecule has 0 N–H and O–H groups in total. The van der Waals surface area contributed by atoms with E-state index in [2.05, 4.69) is 5.10 Å². The zero-order chi connectivity index (χ0) is 17.3. The van der Waals surface area contributed by atoms with E-state index in [0.717, 1.165) is 17.8 Å². The molecule has 0 saturated carbocycles. The smallest absolute Gasteiger partial charge is 0.416 e. The third-order valence-corrected chi connectivity index (χ3v) is 3.86. The lowest BCUT2D eigenvalue weighted by molar-refractivity contribution is -0.137. The fraction of sp³-hybridized carbons (Fsp3) is 0.333. The summed E-state index contributed by atoms with van der Waals surface area (Å²) in [5.41, 5.74) is 0.188. The van der Waals surface area contributed by atoms with Crippen LogP contribution in [0.5, 0.6) is 0 Å². The molecule has 0 spiro atoms. The minimum atomic E-state index is -4.51. The number of hydrogen-bond acceptors (Lipinski definition) is 3. The Kier molecular flexibility index (Phi) is 4.40. The summed E-state index contributed by atoms with van der Waals surface area (Å²) in [5, 5.41) is 4.05. The summed E-state index contributed by atoms with van der Waals surface area (Å²) >= 11 is 5.70. The van der Waals surface area contributed by atoms with Crippen molar-refractivity contribution in [1.29, 1.82) is 0 Å². The molecule has 1 aliphatic heterocycles. The van der Waals surface area contributed by atoms with Crippen LogP contribution in [-0.4, -0.2) is 27.3 Å². The number of carbonyl (C=O) groups is 1. The standard InChI is InChI=1S/C15H13ClF3N3O2/c16-12-6-10(5-11(7-12)15(17,18)19)9-24-14(23)21-3-4-22-13(8-21)1-2-20-22/h1-2,5-7H,3-4,8-9H2. The van der Waals surface area contributed by atoms with Gasteiger partial charge in [0.2, 0.25) is 0 Å². The Morgan fingerprint density at radius 1 is 1.29 bits per heavy atom. The van der Waals surface area contributed by atoms with Crippen molar-refractivity contribution in [2.45, 2.75) is 25.9 Å². The average molecular weight is 360 g/mol. The van der Waals surface area contributed by atoms with Crippen molar-refractivity contribution in [3.63, 3.8) is 0 Å². The zero-order valence-electron chi connectivity index (χ0n) is 12.4. The Bertz CT molecular complexity index is 761. The number of carbonyl (C=O) groups excluding carboxylic acids is 1. The number of rotatable bonds is 2. The summed E-state index contributed by atoms with van der Waals surface area (Å²) in [6.07, 6.45) is -3.44. The first kappa shape index (κ1) is 16.6. The van der Waals surface area contributed by atoms with Gasteiger partial charge in [-0.1, -0.05) is 11.6 Å². The number of benzene rings is 1. The highest BCUT2D eigenvalue weighted by Crippen LogP contribution is 2.32. The lowest BCUT2D eigenvalue weighted by atomic mass is 10.1. The molecule has 1 amide bonds. The van der Waals surface area contributed by atoms with Gasteiger partial charge in [-0.25, -0.2) is 4.79 Å². The van der Waals surface area contributed by atoms with Gasteiger partial charge in [-0.05, 0) is 29.8 Å². The van der Waals surface area contributed by atoms with Crippen molar-refractivity contribution in [1.82, 2.24) is 14.7 Å². The molecule has 0 fully saturated rings. The Labute approximate surface area is 140 Å². The van der Waals surface area contributed by atoms with E-state index in [4.69, 9.17) is 16.3 Å². The van der Waals surface area contributed by atoms with E-state index in [1.807, 2.05) is 0 Å². The summed E-state index contributed by atoms with van der Waals surface area (Å²) in [4.78, 5) is 13.6. The second kappa shape index (κ2) is 6.35. The van der Waals surface area contributed by atoms with Crippen molar-refractivity contribution in [3.05, 3.63) is 52.3 Å². The Morgan fingerprint density at radius 2 is 2.08 bits per heavy atom. The van der Waals surface area contributed by atoms with Gasteiger partial charge < -0.3 is 9.64 Å². The Balaban J connectivity index is 1.64. The summed E-state index contributed by atoms with van der Waals surface area (Å²) in [5.74, 6) is 0. The van der Waals surface area contributed by atoms with Gasteiger partial charge in [0.1, 0.15) is 6.61 Å². The van der Waals surface area contributed by atoms with Gasteiger partial charge >= 0.3 is 12.3 Å². The molecule has 5 nitrogen and oxygen atoms in total. The van der Waals surface area contributed by atoms with Crippen LogP contribution in [0.2, 0.25) is 5.02 Å². The molecule has 24 heavy (non-hydrogen) atoms. The van der Waals surface area contributed by atoms with E-state index in [-0.39, 0.29) is 17.2 Å². The maximum Gasteiger partial charge on any atom is 0.416 e. The molecule has 0 bridgehead atoms. The molecule has 0 radical (unpaired) electrons.